The van der Waals surface area contributed by atoms with Gasteiger partial charge in [-0.05, 0) is 30.5 Å². The molecule has 0 fully saturated rings. The predicted octanol–water partition coefficient (Wildman–Crippen LogP) is 4.57. The molecule has 1 unspecified atom stereocenters. The molecule has 0 saturated carbocycles. The molecule has 0 spiro atoms. The third kappa shape index (κ3) is 3.00. The van der Waals surface area contributed by atoms with Gasteiger partial charge in [-0.25, -0.2) is 0 Å². The third-order valence-electron chi connectivity index (χ3n) is 4.26. The number of aryl methyl sites for hydroxylation is 1. The number of ketones is 1. The number of nitrogens with zero attached hydrogens (tertiary/aromatic N) is 1. The number of anilines is 1. The number of rotatable bonds is 3. The molecule has 1 atom stereocenters. The summed E-state index contributed by atoms with van der Waals surface area (Å²) in [6.45, 7) is 7.34. The summed E-state index contributed by atoms with van der Waals surface area (Å²) in [5.41, 5.74) is 1.23. The molecule has 1 aromatic carbocycles. The van der Waals surface area contributed by atoms with E-state index in [1.165, 1.54) is 16.2 Å². The Morgan fingerprint density at radius 1 is 1.16 bits per heavy atom. The Morgan fingerprint density at radius 3 is 2.32 bits per heavy atom. The van der Waals surface area contributed by atoms with Crippen molar-refractivity contribution in [2.45, 2.75) is 33.7 Å². The maximum absolute atomic E-state index is 13.0. The average molecular weight is 355 g/mol. The van der Waals surface area contributed by atoms with Gasteiger partial charge in [-0.15, -0.1) is 11.3 Å². The maximum Gasteiger partial charge on any atom is 0.294 e. The number of hydrogen-bond acceptors (Lipinski definition) is 4. The SMILES string of the molecule is Cc1ccc(N2C(=O)C(O)=C(C(=O)C(C)(C)C)C2c2cccs2)cc1. The molecule has 1 amide bonds. The summed E-state index contributed by atoms with van der Waals surface area (Å²) in [5, 5.41) is 12.4. The Labute approximate surface area is 151 Å². The van der Waals surface area contributed by atoms with E-state index in [1.54, 1.807) is 20.8 Å². The van der Waals surface area contributed by atoms with Gasteiger partial charge in [0, 0.05) is 16.0 Å². The van der Waals surface area contributed by atoms with E-state index in [1.807, 2.05) is 48.7 Å². The largest absolute Gasteiger partial charge is 0.503 e. The van der Waals surface area contributed by atoms with Crippen LogP contribution in [0.4, 0.5) is 5.69 Å². The summed E-state index contributed by atoms with van der Waals surface area (Å²) < 4.78 is 0. The van der Waals surface area contributed by atoms with Crippen LogP contribution in [-0.4, -0.2) is 16.8 Å². The van der Waals surface area contributed by atoms with Gasteiger partial charge in [0.15, 0.2) is 11.5 Å². The normalized spacial score (nSPS) is 18.2. The van der Waals surface area contributed by atoms with Gasteiger partial charge in [0.1, 0.15) is 6.04 Å². The quantitative estimate of drug-likeness (QED) is 0.877. The lowest BCUT2D eigenvalue weighted by Crippen LogP contribution is -2.32. The first kappa shape index (κ1) is 17.4. The van der Waals surface area contributed by atoms with Crippen LogP contribution in [0, 0.1) is 12.3 Å². The monoisotopic (exact) mass is 355 g/mol. The van der Waals surface area contributed by atoms with Crippen LogP contribution in [0.2, 0.25) is 0 Å². The number of amides is 1. The van der Waals surface area contributed by atoms with Gasteiger partial charge >= 0.3 is 0 Å². The topological polar surface area (TPSA) is 57.6 Å². The fourth-order valence-electron chi connectivity index (χ4n) is 2.93. The van der Waals surface area contributed by atoms with Crippen molar-refractivity contribution in [2.75, 3.05) is 4.90 Å². The van der Waals surface area contributed by atoms with Crippen LogP contribution in [0.1, 0.15) is 37.3 Å². The molecule has 0 aliphatic carbocycles. The molecule has 1 N–H and O–H groups in total. The van der Waals surface area contributed by atoms with Crippen molar-refractivity contribution in [1.82, 2.24) is 0 Å². The molecule has 2 aromatic rings. The highest BCUT2D eigenvalue weighted by Gasteiger charge is 2.47. The summed E-state index contributed by atoms with van der Waals surface area (Å²) in [6, 6.07) is 10.7. The first-order valence-corrected chi connectivity index (χ1v) is 9.01. The second kappa shape index (κ2) is 6.15. The molecule has 0 bridgehead atoms. The Kier molecular flexibility index (Phi) is 4.29. The highest BCUT2D eigenvalue weighted by Crippen LogP contribution is 2.44. The molecule has 1 aliphatic rings. The molecule has 4 nitrogen and oxygen atoms in total. The van der Waals surface area contributed by atoms with Crippen molar-refractivity contribution < 1.29 is 14.7 Å². The minimum Gasteiger partial charge on any atom is -0.503 e. The smallest absolute Gasteiger partial charge is 0.294 e. The molecule has 25 heavy (non-hydrogen) atoms. The molecule has 5 heteroatoms. The van der Waals surface area contributed by atoms with Crippen LogP contribution in [0.25, 0.3) is 0 Å². The summed E-state index contributed by atoms with van der Waals surface area (Å²) in [4.78, 5) is 28.1. The predicted molar refractivity (Wildman–Crippen MR) is 99.8 cm³/mol. The van der Waals surface area contributed by atoms with Crippen LogP contribution in [0.3, 0.4) is 0 Å². The highest BCUT2D eigenvalue weighted by molar-refractivity contribution is 7.10. The van der Waals surface area contributed by atoms with Crippen molar-refractivity contribution in [2.24, 2.45) is 5.41 Å². The van der Waals surface area contributed by atoms with Gasteiger partial charge in [0.2, 0.25) is 0 Å². The van der Waals surface area contributed by atoms with Crippen LogP contribution >= 0.6 is 11.3 Å². The number of aliphatic hydroxyl groups is 1. The van der Waals surface area contributed by atoms with Crippen molar-refractivity contribution in [1.29, 1.82) is 0 Å². The molecule has 2 heterocycles. The molecule has 130 valence electrons. The number of carbonyl (C=O) groups excluding carboxylic acids is 2. The molecule has 3 rings (SSSR count). The molecule has 1 aliphatic heterocycles. The zero-order valence-corrected chi connectivity index (χ0v) is 15.6. The van der Waals surface area contributed by atoms with Crippen LogP contribution in [-0.2, 0) is 9.59 Å². The molecular weight excluding hydrogens is 334 g/mol. The average Bonchev–Trinajstić information content (AvgIpc) is 3.15. The summed E-state index contributed by atoms with van der Waals surface area (Å²) in [7, 11) is 0. The maximum atomic E-state index is 13.0. The van der Waals surface area contributed by atoms with Gasteiger partial charge in [-0.1, -0.05) is 44.5 Å². The van der Waals surface area contributed by atoms with Gasteiger partial charge in [-0.2, -0.15) is 0 Å². The highest BCUT2D eigenvalue weighted by atomic mass is 32.1. The number of aliphatic hydroxyl groups excluding tert-OH is 1. The number of thiophene rings is 1. The molecule has 0 saturated heterocycles. The van der Waals surface area contributed by atoms with E-state index in [0.717, 1.165) is 10.4 Å². The van der Waals surface area contributed by atoms with Crippen LogP contribution in [0.15, 0.2) is 53.1 Å². The van der Waals surface area contributed by atoms with Gasteiger partial charge in [-0.3, -0.25) is 14.5 Å². The van der Waals surface area contributed by atoms with E-state index in [-0.39, 0.29) is 11.4 Å². The Balaban J connectivity index is 2.16. The molecule has 0 radical (unpaired) electrons. The standard InChI is InChI=1S/C20H21NO3S/c1-12-7-9-13(10-8-12)21-16(14-6-5-11-25-14)15(17(22)19(21)24)18(23)20(2,3)4/h5-11,16,22H,1-4H3. The van der Waals surface area contributed by atoms with E-state index in [9.17, 15) is 14.7 Å². The summed E-state index contributed by atoms with van der Waals surface area (Å²) in [5.74, 6) is -1.19. The summed E-state index contributed by atoms with van der Waals surface area (Å²) >= 11 is 1.47. The Morgan fingerprint density at radius 2 is 1.80 bits per heavy atom. The lowest BCUT2D eigenvalue weighted by molar-refractivity contribution is -0.123. The van der Waals surface area contributed by atoms with Crippen LogP contribution in [0.5, 0.6) is 0 Å². The second-order valence-corrected chi connectivity index (χ2v) is 8.25. The van der Waals surface area contributed by atoms with Gasteiger partial charge in [0.05, 0.1) is 5.57 Å². The zero-order valence-electron chi connectivity index (χ0n) is 14.7. The lowest BCUT2D eigenvalue weighted by Gasteiger charge is -2.28. The fraction of sp³-hybridized carbons (Fsp3) is 0.300. The van der Waals surface area contributed by atoms with Crippen molar-refractivity contribution in [3.05, 3.63) is 63.6 Å². The number of benzene rings is 1. The number of hydrogen-bond donors (Lipinski definition) is 1. The molecule has 1 aromatic heterocycles. The van der Waals surface area contributed by atoms with Crippen molar-refractivity contribution in [3.8, 4) is 0 Å². The third-order valence-corrected chi connectivity index (χ3v) is 5.18. The van der Waals surface area contributed by atoms with Gasteiger partial charge < -0.3 is 5.11 Å². The molecular formula is C20H21NO3S. The van der Waals surface area contributed by atoms with E-state index in [4.69, 9.17) is 0 Å². The fourth-order valence-corrected chi connectivity index (χ4v) is 3.75. The Bertz CT molecular complexity index is 842. The number of Topliss-reactive ketones (excluding diaryl/α,β-unsaturated/α-hetero) is 1. The zero-order chi connectivity index (χ0) is 18.4. The van der Waals surface area contributed by atoms with E-state index < -0.39 is 23.1 Å². The van der Waals surface area contributed by atoms with E-state index in [2.05, 4.69) is 0 Å². The first-order valence-electron chi connectivity index (χ1n) is 8.13. The van der Waals surface area contributed by atoms with Gasteiger partial charge in [0.25, 0.3) is 5.91 Å². The minimum absolute atomic E-state index is 0.181. The van der Waals surface area contributed by atoms with Crippen molar-refractivity contribution >= 4 is 28.7 Å². The van der Waals surface area contributed by atoms with E-state index in [0.29, 0.717) is 5.69 Å². The Hall–Kier alpha value is -2.40. The van der Waals surface area contributed by atoms with Crippen LogP contribution < -0.4 is 4.90 Å². The summed E-state index contributed by atoms with van der Waals surface area (Å²) in [6.07, 6.45) is 0. The first-order chi connectivity index (χ1) is 11.7. The second-order valence-electron chi connectivity index (χ2n) is 7.27. The lowest BCUT2D eigenvalue weighted by atomic mass is 9.83. The van der Waals surface area contributed by atoms with E-state index >= 15 is 0 Å². The minimum atomic E-state index is -0.692. The van der Waals surface area contributed by atoms with Crippen molar-refractivity contribution in [3.63, 3.8) is 0 Å². The number of carbonyl (C=O) groups is 2.